The molecule has 0 saturated heterocycles. The van der Waals surface area contributed by atoms with Crippen LogP contribution in [0.15, 0.2) is 6.20 Å². The maximum absolute atomic E-state index is 9.63. The van der Waals surface area contributed by atoms with Gasteiger partial charge in [-0.2, -0.15) is 0 Å². The zero-order chi connectivity index (χ0) is 11.4. The van der Waals surface area contributed by atoms with E-state index in [9.17, 15) is 10.2 Å². The van der Waals surface area contributed by atoms with Crippen LogP contribution >= 0.6 is 11.6 Å². The molecule has 1 rings (SSSR count). The summed E-state index contributed by atoms with van der Waals surface area (Å²) in [6, 6.07) is 0. The van der Waals surface area contributed by atoms with E-state index in [1.807, 2.05) is 0 Å². The van der Waals surface area contributed by atoms with Crippen molar-refractivity contribution in [1.82, 2.24) is 9.97 Å². The van der Waals surface area contributed by atoms with Crippen molar-refractivity contribution >= 4 is 17.5 Å². The van der Waals surface area contributed by atoms with Crippen molar-refractivity contribution < 1.29 is 15.3 Å². The predicted molar refractivity (Wildman–Crippen MR) is 54.1 cm³/mol. The number of aliphatic hydroxyl groups is 3. The Bertz CT molecular complexity index is 337. The normalized spacial score (nSPS) is 14.9. The van der Waals surface area contributed by atoms with Gasteiger partial charge in [-0.25, -0.2) is 9.97 Å². The fraction of sp³-hybridized carbons (Fsp3) is 0.500. The average Bonchev–Trinajstić information content (AvgIpc) is 2.17. The molecule has 0 aliphatic heterocycles. The molecule has 2 unspecified atom stereocenters. The summed E-state index contributed by atoms with van der Waals surface area (Å²) in [7, 11) is 0. The van der Waals surface area contributed by atoms with E-state index in [0.717, 1.165) is 0 Å². The van der Waals surface area contributed by atoms with Crippen molar-refractivity contribution in [2.45, 2.75) is 18.6 Å². The van der Waals surface area contributed by atoms with Crippen LogP contribution in [0.5, 0.6) is 0 Å². The Labute approximate surface area is 91.4 Å². The van der Waals surface area contributed by atoms with E-state index in [0.29, 0.717) is 0 Å². The van der Waals surface area contributed by atoms with E-state index < -0.39 is 12.2 Å². The SMILES string of the molecule is Nc1ncc(C(O)C(O)CCO)c(Cl)n1. The van der Waals surface area contributed by atoms with Crippen molar-refractivity contribution in [2.75, 3.05) is 12.3 Å². The molecule has 1 heterocycles. The summed E-state index contributed by atoms with van der Waals surface area (Å²) in [6.45, 7) is -0.230. The van der Waals surface area contributed by atoms with Crippen LogP contribution in [0.2, 0.25) is 5.15 Å². The molecule has 0 aliphatic carbocycles. The summed E-state index contributed by atoms with van der Waals surface area (Å²) in [5, 5.41) is 27.6. The first-order valence-corrected chi connectivity index (χ1v) is 4.69. The molecule has 0 spiro atoms. The Hall–Kier alpha value is -0.950. The average molecular weight is 234 g/mol. The number of rotatable bonds is 4. The van der Waals surface area contributed by atoms with Crippen LogP contribution in [-0.4, -0.2) is 38.0 Å². The van der Waals surface area contributed by atoms with Crippen molar-refractivity contribution in [3.8, 4) is 0 Å². The van der Waals surface area contributed by atoms with Crippen molar-refractivity contribution in [2.24, 2.45) is 0 Å². The van der Waals surface area contributed by atoms with Gasteiger partial charge in [0.2, 0.25) is 5.95 Å². The van der Waals surface area contributed by atoms with E-state index in [1.54, 1.807) is 0 Å². The number of nitrogen functional groups attached to an aromatic ring is 1. The number of hydrogen-bond donors (Lipinski definition) is 4. The van der Waals surface area contributed by atoms with E-state index in [2.05, 4.69) is 9.97 Å². The van der Waals surface area contributed by atoms with Gasteiger partial charge in [-0.05, 0) is 6.42 Å². The summed E-state index contributed by atoms with van der Waals surface area (Å²) < 4.78 is 0. The van der Waals surface area contributed by atoms with Gasteiger partial charge in [-0.15, -0.1) is 0 Å². The van der Waals surface area contributed by atoms with Crippen molar-refractivity contribution in [1.29, 1.82) is 0 Å². The highest BCUT2D eigenvalue weighted by atomic mass is 35.5. The number of halogens is 1. The topological polar surface area (TPSA) is 112 Å². The van der Waals surface area contributed by atoms with Gasteiger partial charge >= 0.3 is 0 Å². The van der Waals surface area contributed by atoms with Gasteiger partial charge in [-0.3, -0.25) is 0 Å². The lowest BCUT2D eigenvalue weighted by Crippen LogP contribution is -2.20. The molecule has 1 aromatic rings. The highest BCUT2D eigenvalue weighted by Gasteiger charge is 2.21. The molecule has 1 aromatic heterocycles. The minimum atomic E-state index is -1.23. The maximum atomic E-state index is 9.63. The first-order valence-electron chi connectivity index (χ1n) is 4.31. The Morgan fingerprint density at radius 2 is 2.13 bits per heavy atom. The Morgan fingerprint density at radius 3 is 2.67 bits per heavy atom. The minimum absolute atomic E-state index is 0.00685. The number of anilines is 1. The number of nitrogens with zero attached hydrogens (tertiary/aromatic N) is 2. The van der Waals surface area contributed by atoms with Crippen molar-refractivity contribution in [3.05, 3.63) is 16.9 Å². The van der Waals surface area contributed by atoms with Gasteiger partial charge in [0.25, 0.3) is 0 Å². The third-order valence-corrected chi connectivity index (χ3v) is 2.20. The molecule has 6 nitrogen and oxygen atoms in total. The number of hydrogen-bond acceptors (Lipinski definition) is 6. The highest BCUT2D eigenvalue weighted by molar-refractivity contribution is 6.30. The molecule has 0 aromatic carbocycles. The molecule has 0 saturated carbocycles. The van der Waals surface area contributed by atoms with Crippen LogP contribution < -0.4 is 5.73 Å². The second-order valence-electron chi connectivity index (χ2n) is 3.00. The molecular formula is C8H12ClN3O3. The predicted octanol–water partition coefficient (Wildman–Crippen LogP) is -0.511. The number of aromatic nitrogens is 2. The molecule has 0 aliphatic rings. The zero-order valence-electron chi connectivity index (χ0n) is 7.84. The molecule has 0 radical (unpaired) electrons. The summed E-state index contributed by atoms with van der Waals surface area (Å²) in [5.41, 5.74) is 5.46. The molecule has 2 atom stereocenters. The molecule has 15 heavy (non-hydrogen) atoms. The lowest BCUT2D eigenvalue weighted by Gasteiger charge is -2.17. The second-order valence-corrected chi connectivity index (χ2v) is 3.36. The van der Waals surface area contributed by atoms with Crippen LogP contribution in [0.4, 0.5) is 5.95 Å². The first kappa shape index (κ1) is 12.1. The monoisotopic (exact) mass is 233 g/mol. The molecule has 84 valence electrons. The van der Waals surface area contributed by atoms with E-state index in [1.165, 1.54) is 6.20 Å². The summed E-state index contributed by atoms with van der Waals surface area (Å²) >= 11 is 5.70. The minimum Gasteiger partial charge on any atom is -0.396 e. The Kier molecular flexibility index (Phi) is 4.22. The van der Waals surface area contributed by atoms with Gasteiger partial charge in [0.1, 0.15) is 11.3 Å². The Morgan fingerprint density at radius 1 is 1.47 bits per heavy atom. The smallest absolute Gasteiger partial charge is 0.221 e. The molecule has 5 N–H and O–H groups in total. The first-order chi connectivity index (χ1) is 7.06. The van der Waals surface area contributed by atoms with E-state index >= 15 is 0 Å². The lowest BCUT2D eigenvalue weighted by atomic mass is 10.1. The third kappa shape index (κ3) is 3.00. The lowest BCUT2D eigenvalue weighted by molar-refractivity contribution is 0.00392. The van der Waals surface area contributed by atoms with Crippen LogP contribution in [0.25, 0.3) is 0 Å². The van der Waals surface area contributed by atoms with Gasteiger partial charge in [0, 0.05) is 18.4 Å². The molecule has 0 fully saturated rings. The quantitative estimate of drug-likeness (QED) is 0.521. The largest absolute Gasteiger partial charge is 0.396 e. The van der Waals surface area contributed by atoms with Crippen LogP contribution in [-0.2, 0) is 0 Å². The summed E-state index contributed by atoms with van der Waals surface area (Å²) in [6.07, 6.45) is -1.05. The van der Waals surface area contributed by atoms with Crippen LogP contribution in [0.3, 0.4) is 0 Å². The number of nitrogens with two attached hydrogens (primary N) is 1. The van der Waals surface area contributed by atoms with Crippen LogP contribution in [0.1, 0.15) is 18.1 Å². The second kappa shape index (κ2) is 5.22. The summed E-state index contributed by atoms with van der Waals surface area (Å²) in [5.74, 6) is -0.00685. The zero-order valence-corrected chi connectivity index (χ0v) is 8.59. The maximum Gasteiger partial charge on any atom is 0.221 e. The van der Waals surface area contributed by atoms with Crippen LogP contribution in [0, 0.1) is 0 Å². The highest BCUT2D eigenvalue weighted by Crippen LogP contribution is 2.24. The van der Waals surface area contributed by atoms with Gasteiger partial charge in [-0.1, -0.05) is 11.6 Å². The van der Waals surface area contributed by atoms with E-state index in [4.69, 9.17) is 22.4 Å². The van der Waals surface area contributed by atoms with Crippen molar-refractivity contribution in [3.63, 3.8) is 0 Å². The van der Waals surface area contributed by atoms with Gasteiger partial charge in [0.15, 0.2) is 0 Å². The summed E-state index contributed by atoms with van der Waals surface area (Å²) in [4.78, 5) is 7.29. The standard InChI is InChI=1S/C8H12ClN3O3/c9-7-4(3-11-8(10)12-7)6(15)5(14)1-2-13/h3,5-6,13-15H,1-2H2,(H2,10,11,12). The van der Waals surface area contributed by atoms with Gasteiger partial charge < -0.3 is 21.1 Å². The molecule has 7 heteroatoms. The molecule has 0 bridgehead atoms. The third-order valence-electron chi connectivity index (χ3n) is 1.89. The van der Waals surface area contributed by atoms with Gasteiger partial charge in [0.05, 0.1) is 6.10 Å². The fourth-order valence-corrected chi connectivity index (χ4v) is 1.33. The van der Waals surface area contributed by atoms with E-state index in [-0.39, 0.29) is 29.7 Å². The number of aliphatic hydroxyl groups excluding tert-OH is 3. The fourth-order valence-electron chi connectivity index (χ4n) is 1.08. The molecular weight excluding hydrogens is 222 g/mol. The Balaban J connectivity index is 2.86. The molecule has 0 amide bonds.